The minimum absolute atomic E-state index is 0.107. The number of fused-ring (bicyclic) bond motifs is 5. The van der Waals surface area contributed by atoms with E-state index in [1.807, 2.05) is 0 Å². The third-order valence-electron chi connectivity index (χ3n) is 8.14. The number of halogens is 1. The van der Waals surface area contributed by atoms with E-state index in [4.69, 9.17) is 0 Å². The van der Waals surface area contributed by atoms with Gasteiger partial charge in [0.15, 0.2) is 17.2 Å². The number of aliphatic hydroxyl groups is 3. The lowest BCUT2D eigenvalue weighted by Crippen LogP contribution is -2.72. The van der Waals surface area contributed by atoms with Gasteiger partial charge in [0.1, 0.15) is 5.60 Å². The van der Waals surface area contributed by atoms with Gasteiger partial charge in [0, 0.05) is 16.7 Å². The Morgan fingerprint density at radius 3 is 2.44 bits per heavy atom. The van der Waals surface area contributed by atoms with Gasteiger partial charge >= 0.3 is 0 Å². The number of aliphatic hydroxyl groups excluding tert-OH is 2. The fourth-order valence-electron chi connectivity index (χ4n) is 6.46. The van der Waals surface area contributed by atoms with Crippen molar-refractivity contribution in [2.45, 2.75) is 69.9 Å². The maximum Gasteiger partial charge on any atom is 0.178 e. The molecule has 0 bridgehead atoms. The highest BCUT2D eigenvalue weighted by atomic mass is 19.1. The molecule has 0 spiro atoms. The number of hydrogen-bond donors (Lipinski definition) is 3. The van der Waals surface area contributed by atoms with Gasteiger partial charge in [-0.1, -0.05) is 18.6 Å². The van der Waals surface area contributed by atoms with Crippen molar-refractivity contribution in [2.75, 3.05) is 0 Å². The Hall–Kier alpha value is -1.37. The Morgan fingerprint density at radius 1 is 1.11 bits per heavy atom. The van der Waals surface area contributed by atoms with Crippen LogP contribution in [0.25, 0.3) is 0 Å². The van der Waals surface area contributed by atoms with Gasteiger partial charge in [0.25, 0.3) is 0 Å². The molecule has 0 aliphatic heterocycles. The SMILES string of the molecule is C[C@]1(O)C(=O)[C@@]2(C)C[C@H](O)[C@@]3(F)[C@@H](CCC4=CC(=O)C=C[C@@]43C)[C@@H]2C[C@H]1O. The predicted molar refractivity (Wildman–Crippen MR) is 95.4 cm³/mol. The van der Waals surface area contributed by atoms with Crippen molar-refractivity contribution >= 4 is 11.6 Å². The zero-order chi connectivity index (χ0) is 20.0. The zero-order valence-electron chi connectivity index (χ0n) is 15.9. The molecular weight excluding hydrogens is 351 g/mol. The Bertz CT molecular complexity index is 785. The maximum absolute atomic E-state index is 16.7. The third-order valence-corrected chi connectivity index (χ3v) is 8.14. The lowest BCUT2D eigenvalue weighted by atomic mass is 9.42. The van der Waals surface area contributed by atoms with Crippen molar-refractivity contribution in [3.8, 4) is 0 Å². The molecule has 0 heterocycles. The van der Waals surface area contributed by atoms with Gasteiger partial charge in [-0.25, -0.2) is 4.39 Å². The van der Waals surface area contributed by atoms with Crippen molar-refractivity contribution in [3.63, 3.8) is 0 Å². The number of alkyl halides is 1. The van der Waals surface area contributed by atoms with Crippen LogP contribution in [-0.4, -0.2) is 50.4 Å². The quantitative estimate of drug-likeness (QED) is 0.596. The number of allylic oxidation sites excluding steroid dienone is 4. The Kier molecular flexibility index (Phi) is 3.77. The summed E-state index contributed by atoms with van der Waals surface area (Å²) < 4.78 is 16.7. The lowest BCUT2D eigenvalue weighted by Gasteiger charge is -2.64. The summed E-state index contributed by atoms with van der Waals surface area (Å²) in [7, 11) is 0. The van der Waals surface area contributed by atoms with Crippen molar-refractivity contribution in [3.05, 3.63) is 23.8 Å². The molecule has 6 heteroatoms. The van der Waals surface area contributed by atoms with Crippen LogP contribution in [0.5, 0.6) is 0 Å². The second-order valence-electron chi connectivity index (χ2n) is 9.49. The maximum atomic E-state index is 16.7. The molecule has 0 saturated heterocycles. The van der Waals surface area contributed by atoms with E-state index >= 15 is 4.39 Å². The molecular formula is C21H27FO5. The molecule has 3 N–H and O–H groups in total. The molecule has 0 amide bonds. The summed E-state index contributed by atoms with van der Waals surface area (Å²) in [4.78, 5) is 24.8. The Balaban J connectivity index is 1.84. The fourth-order valence-corrected chi connectivity index (χ4v) is 6.46. The minimum atomic E-state index is -2.04. The summed E-state index contributed by atoms with van der Waals surface area (Å²) in [6, 6.07) is 0. The molecule has 27 heavy (non-hydrogen) atoms. The number of carbonyl (C=O) groups is 2. The average Bonchev–Trinajstić information content (AvgIpc) is 2.59. The van der Waals surface area contributed by atoms with Crippen molar-refractivity contribution in [1.29, 1.82) is 0 Å². The average molecular weight is 378 g/mol. The molecule has 8 atom stereocenters. The lowest BCUT2D eigenvalue weighted by molar-refractivity contribution is -0.228. The molecule has 0 aromatic carbocycles. The van der Waals surface area contributed by atoms with Crippen LogP contribution in [-0.2, 0) is 9.59 Å². The topological polar surface area (TPSA) is 94.8 Å². The highest BCUT2D eigenvalue weighted by Gasteiger charge is 2.72. The van der Waals surface area contributed by atoms with Crippen LogP contribution in [0.2, 0.25) is 0 Å². The zero-order valence-corrected chi connectivity index (χ0v) is 15.9. The van der Waals surface area contributed by atoms with Crippen LogP contribution in [0.1, 0.15) is 46.5 Å². The molecule has 0 radical (unpaired) electrons. The van der Waals surface area contributed by atoms with E-state index in [0.717, 1.165) is 0 Å². The predicted octanol–water partition coefficient (Wildman–Crippen LogP) is 1.65. The molecule has 0 unspecified atom stereocenters. The number of carbonyl (C=O) groups excluding carboxylic acids is 2. The van der Waals surface area contributed by atoms with Gasteiger partial charge in [0.05, 0.1) is 12.2 Å². The highest BCUT2D eigenvalue weighted by Crippen LogP contribution is 2.66. The number of Topliss-reactive ketones (excluding diaryl/α,β-unsaturated/α-hetero) is 1. The van der Waals surface area contributed by atoms with Crippen LogP contribution in [0, 0.1) is 22.7 Å². The van der Waals surface area contributed by atoms with Gasteiger partial charge in [0.2, 0.25) is 0 Å². The van der Waals surface area contributed by atoms with E-state index in [0.29, 0.717) is 18.4 Å². The van der Waals surface area contributed by atoms with Crippen molar-refractivity contribution in [1.82, 2.24) is 0 Å². The van der Waals surface area contributed by atoms with Gasteiger partial charge in [-0.2, -0.15) is 0 Å². The summed E-state index contributed by atoms with van der Waals surface area (Å²) >= 11 is 0. The Morgan fingerprint density at radius 2 is 1.78 bits per heavy atom. The summed E-state index contributed by atoms with van der Waals surface area (Å²) in [5, 5.41) is 31.9. The van der Waals surface area contributed by atoms with Gasteiger partial charge < -0.3 is 15.3 Å². The molecule has 5 nitrogen and oxygen atoms in total. The molecule has 4 aliphatic carbocycles. The summed E-state index contributed by atoms with van der Waals surface area (Å²) in [6.45, 7) is 4.68. The highest BCUT2D eigenvalue weighted by molar-refractivity contribution is 6.01. The first kappa shape index (κ1) is 19.0. The second kappa shape index (κ2) is 5.37. The van der Waals surface area contributed by atoms with E-state index < -0.39 is 51.9 Å². The minimum Gasteiger partial charge on any atom is -0.390 e. The molecule has 0 aromatic heterocycles. The van der Waals surface area contributed by atoms with Crippen LogP contribution in [0.4, 0.5) is 4.39 Å². The van der Waals surface area contributed by atoms with Crippen LogP contribution < -0.4 is 0 Å². The van der Waals surface area contributed by atoms with Crippen molar-refractivity contribution in [2.24, 2.45) is 22.7 Å². The van der Waals surface area contributed by atoms with Gasteiger partial charge in [-0.05, 0) is 57.6 Å². The smallest absolute Gasteiger partial charge is 0.178 e. The third kappa shape index (κ3) is 2.09. The molecule has 0 aromatic rings. The van der Waals surface area contributed by atoms with E-state index in [2.05, 4.69) is 0 Å². The largest absolute Gasteiger partial charge is 0.390 e. The normalized spacial score (nSPS) is 54.7. The first-order valence-electron chi connectivity index (χ1n) is 9.65. The van der Waals surface area contributed by atoms with Crippen LogP contribution >= 0.6 is 0 Å². The van der Waals surface area contributed by atoms with Crippen LogP contribution in [0.15, 0.2) is 23.8 Å². The van der Waals surface area contributed by atoms with E-state index in [1.165, 1.54) is 19.1 Å². The van der Waals surface area contributed by atoms with Crippen LogP contribution in [0.3, 0.4) is 0 Å². The van der Waals surface area contributed by atoms with E-state index in [9.17, 15) is 24.9 Å². The standard InChI is InChI=1S/C21H27FO5/c1-18-10-16(25)21(22)13(14(18)9-15(24)20(3,27)17(18)26)5-4-11-8-12(23)6-7-19(11,21)2/h6-8,13-16,24-25,27H,4-5,9-10H2,1-3H3/t13-,14-,15+,16-,18-,19-,20+,21-/m0/s1. The monoisotopic (exact) mass is 378 g/mol. The number of hydrogen-bond acceptors (Lipinski definition) is 5. The molecule has 3 fully saturated rings. The number of rotatable bonds is 0. The fraction of sp³-hybridized carbons (Fsp3) is 0.714. The number of ketones is 2. The first-order valence-corrected chi connectivity index (χ1v) is 9.65. The molecule has 4 rings (SSSR count). The molecule has 3 saturated carbocycles. The van der Waals surface area contributed by atoms with Gasteiger partial charge in [-0.3, -0.25) is 9.59 Å². The second-order valence-corrected chi connectivity index (χ2v) is 9.49. The summed E-state index contributed by atoms with van der Waals surface area (Å²) in [5.74, 6) is -1.85. The van der Waals surface area contributed by atoms with E-state index in [-0.39, 0.29) is 18.6 Å². The summed E-state index contributed by atoms with van der Waals surface area (Å²) in [6.07, 6.45) is 2.57. The molecule has 4 aliphatic rings. The van der Waals surface area contributed by atoms with Gasteiger partial charge in [-0.15, -0.1) is 0 Å². The first-order chi connectivity index (χ1) is 12.4. The van der Waals surface area contributed by atoms with E-state index in [1.54, 1.807) is 19.9 Å². The van der Waals surface area contributed by atoms with Crippen molar-refractivity contribution < 1.29 is 29.3 Å². The summed E-state index contributed by atoms with van der Waals surface area (Å²) in [5.41, 5.74) is -5.50. The Labute approximate surface area is 158 Å². The molecule has 148 valence electrons.